The van der Waals surface area contributed by atoms with Gasteiger partial charge in [-0.15, -0.1) is 0 Å². The highest BCUT2D eigenvalue weighted by Crippen LogP contribution is 2.39. The lowest BCUT2D eigenvalue weighted by Crippen LogP contribution is -1.96. The monoisotopic (exact) mass is 329 g/mol. The predicted octanol–water partition coefficient (Wildman–Crippen LogP) is 5.10. The van der Waals surface area contributed by atoms with Crippen molar-refractivity contribution in [1.82, 2.24) is 4.57 Å². The van der Waals surface area contributed by atoms with E-state index < -0.39 is 0 Å². The number of rotatable bonds is 2. The third-order valence-electron chi connectivity index (χ3n) is 3.77. The van der Waals surface area contributed by atoms with Crippen molar-refractivity contribution in [3.8, 4) is 16.9 Å². The van der Waals surface area contributed by atoms with Crippen LogP contribution in [0.2, 0.25) is 0 Å². The van der Waals surface area contributed by atoms with Gasteiger partial charge in [0.25, 0.3) is 0 Å². The van der Waals surface area contributed by atoms with Crippen molar-refractivity contribution in [1.29, 1.82) is 0 Å². The Hall–Kier alpha value is -1.74. The summed E-state index contributed by atoms with van der Waals surface area (Å²) in [6.07, 6.45) is 0. The van der Waals surface area contributed by atoms with E-state index in [1.54, 1.807) is 6.07 Å². The van der Waals surface area contributed by atoms with Crippen LogP contribution in [0.25, 0.3) is 22.0 Å². The lowest BCUT2D eigenvalue weighted by Gasteiger charge is -2.06. The molecule has 0 atom stereocenters. The Morgan fingerprint density at radius 3 is 2.60 bits per heavy atom. The van der Waals surface area contributed by atoms with Crippen molar-refractivity contribution < 1.29 is 5.11 Å². The lowest BCUT2D eigenvalue weighted by atomic mass is 10.0. The first-order valence-electron chi connectivity index (χ1n) is 6.70. The van der Waals surface area contributed by atoms with Gasteiger partial charge in [0.15, 0.2) is 0 Å². The Bertz CT molecular complexity index is 789. The summed E-state index contributed by atoms with van der Waals surface area (Å²) < 4.78 is 3.35. The first-order chi connectivity index (χ1) is 9.63. The molecule has 1 aromatic heterocycles. The second-order valence-electron chi connectivity index (χ2n) is 4.89. The molecule has 2 aromatic carbocycles. The largest absolute Gasteiger partial charge is 0.508 e. The molecule has 20 heavy (non-hydrogen) atoms. The van der Waals surface area contributed by atoms with Crippen LogP contribution in [0.3, 0.4) is 0 Å². The van der Waals surface area contributed by atoms with E-state index in [4.69, 9.17) is 0 Å². The minimum atomic E-state index is 0.305. The number of benzene rings is 2. The maximum Gasteiger partial charge on any atom is 0.116 e. The molecule has 3 rings (SSSR count). The van der Waals surface area contributed by atoms with Gasteiger partial charge in [-0.05, 0) is 43.7 Å². The third kappa shape index (κ3) is 1.93. The van der Waals surface area contributed by atoms with Gasteiger partial charge in [0.1, 0.15) is 5.75 Å². The number of hydrogen-bond acceptors (Lipinski definition) is 1. The second kappa shape index (κ2) is 4.98. The van der Waals surface area contributed by atoms with Gasteiger partial charge in [-0.1, -0.05) is 34.1 Å². The molecule has 0 radical (unpaired) electrons. The van der Waals surface area contributed by atoms with E-state index in [1.807, 2.05) is 30.3 Å². The fourth-order valence-corrected chi connectivity index (χ4v) is 3.36. The first-order valence-corrected chi connectivity index (χ1v) is 7.49. The maximum atomic E-state index is 9.82. The highest BCUT2D eigenvalue weighted by Gasteiger charge is 2.16. The van der Waals surface area contributed by atoms with E-state index in [0.717, 1.165) is 27.5 Å². The SMILES string of the molecule is CCn1c(C)c(-c2ccccc2Br)c2cc(O)ccc21. The number of hydrogen-bond donors (Lipinski definition) is 1. The zero-order valence-electron chi connectivity index (χ0n) is 11.5. The van der Waals surface area contributed by atoms with Crippen LogP contribution in [-0.2, 0) is 6.54 Å². The summed E-state index contributed by atoms with van der Waals surface area (Å²) in [6.45, 7) is 5.19. The number of aromatic nitrogens is 1. The van der Waals surface area contributed by atoms with E-state index in [9.17, 15) is 5.11 Å². The van der Waals surface area contributed by atoms with Gasteiger partial charge in [-0.3, -0.25) is 0 Å². The van der Waals surface area contributed by atoms with Crippen LogP contribution in [0.5, 0.6) is 5.75 Å². The summed E-state index contributed by atoms with van der Waals surface area (Å²) in [4.78, 5) is 0. The fraction of sp³-hybridized carbons (Fsp3) is 0.176. The Kier molecular flexibility index (Phi) is 3.30. The molecule has 3 heteroatoms. The average molecular weight is 330 g/mol. The highest BCUT2D eigenvalue weighted by atomic mass is 79.9. The number of fused-ring (bicyclic) bond motifs is 1. The first kappa shape index (κ1) is 13.3. The summed E-state index contributed by atoms with van der Waals surface area (Å²) in [5, 5.41) is 10.9. The molecule has 0 unspecified atom stereocenters. The number of nitrogens with zero attached hydrogens (tertiary/aromatic N) is 1. The molecule has 0 aliphatic rings. The molecule has 0 aliphatic carbocycles. The van der Waals surface area contributed by atoms with Crippen LogP contribution in [0.15, 0.2) is 46.9 Å². The number of aromatic hydroxyl groups is 1. The van der Waals surface area contributed by atoms with Crippen LogP contribution in [0.1, 0.15) is 12.6 Å². The number of aryl methyl sites for hydroxylation is 1. The van der Waals surface area contributed by atoms with Crippen LogP contribution in [-0.4, -0.2) is 9.67 Å². The predicted molar refractivity (Wildman–Crippen MR) is 87.1 cm³/mol. The van der Waals surface area contributed by atoms with Gasteiger partial charge in [-0.25, -0.2) is 0 Å². The molecule has 2 nitrogen and oxygen atoms in total. The Balaban J connectivity index is 2.44. The highest BCUT2D eigenvalue weighted by molar-refractivity contribution is 9.10. The van der Waals surface area contributed by atoms with Crippen LogP contribution in [0, 0.1) is 6.92 Å². The molecule has 102 valence electrons. The van der Waals surface area contributed by atoms with Crippen LogP contribution in [0.4, 0.5) is 0 Å². The van der Waals surface area contributed by atoms with Crippen molar-refractivity contribution in [2.24, 2.45) is 0 Å². The van der Waals surface area contributed by atoms with Crippen molar-refractivity contribution in [2.75, 3.05) is 0 Å². The molecule has 0 bridgehead atoms. The van der Waals surface area contributed by atoms with Crippen LogP contribution >= 0.6 is 15.9 Å². The molecule has 0 saturated heterocycles. The Morgan fingerprint density at radius 2 is 1.90 bits per heavy atom. The zero-order chi connectivity index (χ0) is 14.3. The van der Waals surface area contributed by atoms with Gasteiger partial charge in [0, 0.05) is 33.2 Å². The molecule has 0 saturated carbocycles. The topological polar surface area (TPSA) is 25.2 Å². The van der Waals surface area contributed by atoms with Gasteiger partial charge in [-0.2, -0.15) is 0 Å². The third-order valence-corrected chi connectivity index (χ3v) is 4.46. The molecule has 3 aromatic rings. The van der Waals surface area contributed by atoms with Gasteiger partial charge < -0.3 is 9.67 Å². The quantitative estimate of drug-likeness (QED) is 0.694. The van der Waals surface area contributed by atoms with Crippen molar-refractivity contribution >= 4 is 26.8 Å². The zero-order valence-corrected chi connectivity index (χ0v) is 13.1. The van der Waals surface area contributed by atoms with Gasteiger partial charge in [0.2, 0.25) is 0 Å². The normalized spacial score (nSPS) is 11.2. The molecule has 0 amide bonds. The molecule has 0 aliphatic heterocycles. The number of halogens is 1. The fourth-order valence-electron chi connectivity index (χ4n) is 2.88. The lowest BCUT2D eigenvalue weighted by molar-refractivity contribution is 0.476. The molecule has 1 N–H and O–H groups in total. The summed E-state index contributed by atoms with van der Waals surface area (Å²) in [5.74, 6) is 0.305. The Morgan fingerprint density at radius 1 is 1.15 bits per heavy atom. The summed E-state index contributed by atoms with van der Waals surface area (Å²) in [6, 6.07) is 13.8. The van der Waals surface area contributed by atoms with Crippen molar-refractivity contribution in [3.63, 3.8) is 0 Å². The van der Waals surface area contributed by atoms with E-state index >= 15 is 0 Å². The van der Waals surface area contributed by atoms with Gasteiger partial charge in [0.05, 0.1) is 0 Å². The molecule has 0 fully saturated rings. The standard InChI is InChI=1S/C17H16BrNO/c1-3-19-11(2)17(13-6-4-5-7-15(13)18)14-10-12(20)8-9-16(14)19/h4-10,20H,3H2,1-2H3. The summed E-state index contributed by atoms with van der Waals surface area (Å²) in [7, 11) is 0. The number of phenolic OH excluding ortho intramolecular Hbond substituents is 1. The van der Waals surface area contributed by atoms with E-state index in [1.165, 1.54) is 11.3 Å². The van der Waals surface area contributed by atoms with E-state index in [-0.39, 0.29) is 0 Å². The summed E-state index contributed by atoms with van der Waals surface area (Å²) >= 11 is 3.63. The minimum absolute atomic E-state index is 0.305. The minimum Gasteiger partial charge on any atom is -0.508 e. The van der Waals surface area contributed by atoms with E-state index in [2.05, 4.69) is 40.4 Å². The molecule has 0 spiro atoms. The summed E-state index contributed by atoms with van der Waals surface area (Å²) in [5.41, 5.74) is 4.73. The number of phenols is 1. The molecule has 1 heterocycles. The second-order valence-corrected chi connectivity index (χ2v) is 5.74. The van der Waals surface area contributed by atoms with E-state index in [0.29, 0.717) is 5.75 Å². The van der Waals surface area contributed by atoms with Crippen molar-refractivity contribution in [2.45, 2.75) is 20.4 Å². The molecular formula is C17H16BrNO. The average Bonchev–Trinajstić information content (AvgIpc) is 2.70. The maximum absolute atomic E-state index is 9.82. The van der Waals surface area contributed by atoms with Crippen molar-refractivity contribution in [3.05, 3.63) is 52.6 Å². The van der Waals surface area contributed by atoms with Gasteiger partial charge >= 0.3 is 0 Å². The Labute approximate surface area is 126 Å². The van der Waals surface area contributed by atoms with Crippen LogP contribution < -0.4 is 0 Å². The molecular weight excluding hydrogens is 314 g/mol. The smallest absolute Gasteiger partial charge is 0.116 e.